The Bertz CT molecular complexity index is 705. The minimum absolute atomic E-state index is 0.0920. The zero-order valence-corrected chi connectivity index (χ0v) is 13.2. The second-order valence-corrected chi connectivity index (χ2v) is 4.95. The predicted molar refractivity (Wildman–Crippen MR) is 91.9 cm³/mol. The fourth-order valence-corrected chi connectivity index (χ4v) is 1.89. The highest BCUT2D eigenvalue weighted by Crippen LogP contribution is 2.28. The molecule has 0 saturated heterocycles. The number of guanidine groups is 1. The summed E-state index contributed by atoms with van der Waals surface area (Å²) in [7, 11) is 1.60. The number of benzene rings is 2. The average Bonchev–Trinajstić information content (AvgIpc) is 2.54. The number of nitrogens with two attached hydrogens (primary N) is 2. The van der Waals surface area contributed by atoms with Crippen LogP contribution in [0, 0.1) is 6.92 Å². The largest absolute Gasteiger partial charge is 0.493 e. The van der Waals surface area contributed by atoms with Crippen LogP contribution in [0.4, 0.5) is 0 Å². The molecule has 0 aliphatic rings. The van der Waals surface area contributed by atoms with E-state index in [0.29, 0.717) is 18.1 Å². The highest BCUT2D eigenvalue weighted by molar-refractivity contribution is 5.82. The summed E-state index contributed by atoms with van der Waals surface area (Å²) < 4.78 is 11.2. The van der Waals surface area contributed by atoms with Crippen molar-refractivity contribution in [3.05, 3.63) is 59.2 Å². The zero-order valence-electron chi connectivity index (χ0n) is 13.2. The Labute approximate surface area is 135 Å². The van der Waals surface area contributed by atoms with Crippen LogP contribution in [0.3, 0.4) is 0 Å². The van der Waals surface area contributed by atoms with Crippen molar-refractivity contribution in [1.29, 1.82) is 0 Å². The monoisotopic (exact) mass is 312 g/mol. The average molecular weight is 312 g/mol. The van der Waals surface area contributed by atoms with Crippen LogP contribution < -0.4 is 20.9 Å². The zero-order chi connectivity index (χ0) is 16.7. The lowest BCUT2D eigenvalue weighted by Crippen LogP contribution is -2.21. The molecule has 0 aliphatic carbocycles. The minimum atomic E-state index is -0.0920. The summed E-state index contributed by atoms with van der Waals surface area (Å²) in [6.07, 6.45) is 1.54. The lowest BCUT2D eigenvalue weighted by Gasteiger charge is -2.11. The van der Waals surface area contributed by atoms with Gasteiger partial charge in [-0.05, 0) is 36.2 Å². The van der Waals surface area contributed by atoms with Crippen LogP contribution in [-0.2, 0) is 6.61 Å². The third kappa shape index (κ3) is 5.03. The van der Waals surface area contributed by atoms with Gasteiger partial charge in [0.15, 0.2) is 11.5 Å². The van der Waals surface area contributed by atoms with E-state index in [4.69, 9.17) is 20.9 Å². The molecule has 0 spiro atoms. The van der Waals surface area contributed by atoms with Crippen molar-refractivity contribution in [3.8, 4) is 11.5 Å². The summed E-state index contributed by atoms with van der Waals surface area (Å²) >= 11 is 0. The molecule has 0 unspecified atom stereocenters. The molecule has 2 aromatic rings. The van der Waals surface area contributed by atoms with E-state index >= 15 is 0 Å². The number of methoxy groups -OCH3 is 1. The molecule has 6 heteroatoms. The van der Waals surface area contributed by atoms with E-state index in [1.807, 2.05) is 43.3 Å². The normalized spacial score (nSPS) is 10.5. The molecular weight excluding hydrogens is 292 g/mol. The molecule has 0 saturated carbocycles. The molecule has 4 N–H and O–H groups in total. The van der Waals surface area contributed by atoms with E-state index in [9.17, 15) is 0 Å². The Hall–Kier alpha value is -3.02. The van der Waals surface area contributed by atoms with E-state index in [0.717, 1.165) is 11.1 Å². The minimum Gasteiger partial charge on any atom is -0.493 e. The van der Waals surface area contributed by atoms with Crippen molar-refractivity contribution < 1.29 is 9.47 Å². The number of aryl methyl sites for hydroxylation is 1. The van der Waals surface area contributed by atoms with Gasteiger partial charge < -0.3 is 20.9 Å². The molecule has 0 bridgehead atoms. The van der Waals surface area contributed by atoms with Crippen LogP contribution in [-0.4, -0.2) is 19.3 Å². The van der Waals surface area contributed by atoms with Gasteiger partial charge in [-0.25, -0.2) is 0 Å². The molecule has 0 heterocycles. The van der Waals surface area contributed by atoms with Crippen LogP contribution in [0.25, 0.3) is 0 Å². The van der Waals surface area contributed by atoms with Gasteiger partial charge in [-0.3, -0.25) is 0 Å². The summed E-state index contributed by atoms with van der Waals surface area (Å²) in [6.45, 7) is 2.50. The van der Waals surface area contributed by atoms with Gasteiger partial charge >= 0.3 is 0 Å². The fraction of sp³-hybridized carbons (Fsp3) is 0.176. The van der Waals surface area contributed by atoms with Crippen molar-refractivity contribution in [2.75, 3.05) is 7.11 Å². The van der Waals surface area contributed by atoms with Gasteiger partial charge in [-0.1, -0.05) is 29.8 Å². The number of rotatable bonds is 6. The summed E-state index contributed by atoms with van der Waals surface area (Å²) in [5.41, 5.74) is 13.5. The Morgan fingerprint density at radius 2 is 1.83 bits per heavy atom. The molecule has 0 radical (unpaired) electrons. The van der Waals surface area contributed by atoms with Gasteiger partial charge in [0.05, 0.1) is 13.3 Å². The first-order chi connectivity index (χ1) is 11.1. The highest BCUT2D eigenvalue weighted by Gasteiger charge is 2.05. The standard InChI is InChI=1S/C17H20N4O2/c1-12-3-5-13(6-4-12)11-23-16-9-14(7-8-15(16)22-2)10-20-21-17(18)19/h3-10H,11H2,1-2H3,(H4,18,19,21)/b20-10-. The van der Waals surface area contributed by atoms with E-state index in [2.05, 4.69) is 10.2 Å². The molecular formula is C17H20N4O2. The number of hydrogen-bond acceptors (Lipinski definition) is 4. The maximum absolute atomic E-state index is 5.85. The van der Waals surface area contributed by atoms with Crippen molar-refractivity contribution in [1.82, 2.24) is 0 Å². The maximum Gasteiger partial charge on any atom is 0.211 e. The Balaban J connectivity index is 2.13. The molecule has 23 heavy (non-hydrogen) atoms. The molecule has 0 amide bonds. The number of hydrogen-bond donors (Lipinski definition) is 2. The Kier molecular flexibility index (Phi) is 5.57. The van der Waals surface area contributed by atoms with Crippen molar-refractivity contribution in [3.63, 3.8) is 0 Å². The van der Waals surface area contributed by atoms with E-state index < -0.39 is 0 Å². The Morgan fingerprint density at radius 3 is 2.48 bits per heavy atom. The summed E-state index contributed by atoms with van der Waals surface area (Å²) in [5, 5.41) is 7.35. The quantitative estimate of drug-likeness (QED) is 0.485. The van der Waals surface area contributed by atoms with Gasteiger partial charge in [0.25, 0.3) is 0 Å². The molecule has 0 aliphatic heterocycles. The van der Waals surface area contributed by atoms with Crippen LogP contribution in [0.15, 0.2) is 52.7 Å². The number of nitrogens with zero attached hydrogens (tertiary/aromatic N) is 2. The highest BCUT2D eigenvalue weighted by atomic mass is 16.5. The molecule has 2 rings (SSSR count). The summed E-state index contributed by atoms with van der Waals surface area (Å²) in [5.74, 6) is 1.18. The summed E-state index contributed by atoms with van der Waals surface area (Å²) in [4.78, 5) is 0. The summed E-state index contributed by atoms with van der Waals surface area (Å²) in [6, 6.07) is 13.6. The first-order valence-electron chi connectivity index (χ1n) is 7.07. The van der Waals surface area contributed by atoms with E-state index in [1.54, 1.807) is 13.2 Å². The smallest absolute Gasteiger partial charge is 0.211 e. The van der Waals surface area contributed by atoms with Crippen LogP contribution >= 0.6 is 0 Å². The molecule has 0 fully saturated rings. The molecule has 0 atom stereocenters. The van der Waals surface area contributed by atoms with Crippen LogP contribution in [0.1, 0.15) is 16.7 Å². The Morgan fingerprint density at radius 1 is 1.09 bits per heavy atom. The van der Waals surface area contributed by atoms with Crippen molar-refractivity contribution in [2.24, 2.45) is 21.7 Å². The lowest BCUT2D eigenvalue weighted by atomic mass is 10.1. The van der Waals surface area contributed by atoms with Gasteiger partial charge in [-0.2, -0.15) is 5.10 Å². The molecule has 2 aromatic carbocycles. The molecule has 6 nitrogen and oxygen atoms in total. The van der Waals surface area contributed by atoms with Gasteiger partial charge in [0.1, 0.15) is 6.61 Å². The predicted octanol–water partition coefficient (Wildman–Crippen LogP) is 2.19. The maximum atomic E-state index is 5.85. The SMILES string of the molecule is COc1ccc(/C=N\N=C(N)N)cc1OCc1ccc(C)cc1. The number of ether oxygens (including phenoxy) is 2. The second kappa shape index (κ2) is 7.84. The van der Waals surface area contributed by atoms with Crippen molar-refractivity contribution >= 4 is 12.2 Å². The van der Waals surface area contributed by atoms with Gasteiger partial charge in [0, 0.05) is 0 Å². The molecule has 120 valence electrons. The lowest BCUT2D eigenvalue weighted by molar-refractivity contribution is 0.284. The topological polar surface area (TPSA) is 95.2 Å². The van der Waals surface area contributed by atoms with E-state index in [1.165, 1.54) is 11.8 Å². The van der Waals surface area contributed by atoms with E-state index in [-0.39, 0.29) is 5.96 Å². The van der Waals surface area contributed by atoms with Crippen LogP contribution in [0.5, 0.6) is 11.5 Å². The fourth-order valence-electron chi connectivity index (χ4n) is 1.89. The first-order valence-corrected chi connectivity index (χ1v) is 7.07. The van der Waals surface area contributed by atoms with Gasteiger partial charge in [0.2, 0.25) is 5.96 Å². The first kappa shape index (κ1) is 16.4. The third-order valence-electron chi connectivity index (χ3n) is 3.08. The van der Waals surface area contributed by atoms with Gasteiger partial charge in [-0.15, -0.1) is 5.10 Å². The van der Waals surface area contributed by atoms with Crippen molar-refractivity contribution in [2.45, 2.75) is 13.5 Å². The third-order valence-corrected chi connectivity index (χ3v) is 3.08. The second-order valence-electron chi connectivity index (χ2n) is 4.95. The van der Waals surface area contributed by atoms with Crippen LogP contribution in [0.2, 0.25) is 0 Å². The molecule has 0 aromatic heterocycles.